The molecule has 1 N–H and O–H groups in total. The number of thioether (sulfide) groups is 1. The summed E-state index contributed by atoms with van der Waals surface area (Å²) in [6.45, 7) is 1.82. The molecule has 0 aliphatic heterocycles. The number of carbonyl (C=O) groups is 1. The van der Waals surface area contributed by atoms with Crippen LogP contribution >= 0.6 is 23.1 Å². The maximum Gasteiger partial charge on any atom is 0.343 e. The van der Waals surface area contributed by atoms with Crippen molar-refractivity contribution in [2.75, 3.05) is 0 Å². The largest absolute Gasteiger partial charge is 0.477 e. The second-order valence-electron chi connectivity index (χ2n) is 3.75. The average molecular weight is 311 g/mol. The molecule has 2 aromatic rings. The molecule has 0 aliphatic carbocycles. The van der Waals surface area contributed by atoms with Gasteiger partial charge in [0.15, 0.2) is 4.34 Å². The number of rotatable bonds is 5. The highest BCUT2D eigenvalue weighted by molar-refractivity contribution is 8.00. The number of aromatic carboxylic acids is 1. The molecule has 0 bridgehead atoms. The van der Waals surface area contributed by atoms with Crippen LogP contribution in [-0.2, 0) is 5.75 Å². The van der Waals surface area contributed by atoms with Crippen LogP contribution in [0.5, 0.6) is 0 Å². The Kier molecular flexibility index (Phi) is 4.30. The predicted molar refractivity (Wildman–Crippen MR) is 74.3 cm³/mol. The van der Waals surface area contributed by atoms with E-state index in [1.54, 1.807) is 6.07 Å². The van der Waals surface area contributed by atoms with E-state index < -0.39 is 16.6 Å². The van der Waals surface area contributed by atoms with Gasteiger partial charge in [0.05, 0.1) is 4.92 Å². The van der Waals surface area contributed by atoms with Gasteiger partial charge in [0.25, 0.3) is 5.69 Å². The second kappa shape index (κ2) is 5.97. The molecule has 0 atom stereocenters. The fourth-order valence-electron chi connectivity index (χ4n) is 1.58. The van der Waals surface area contributed by atoms with Gasteiger partial charge in [-0.1, -0.05) is 35.2 Å². The van der Waals surface area contributed by atoms with Crippen molar-refractivity contribution in [2.24, 2.45) is 0 Å². The van der Waals surface area contributed by atoms with Crippen LogP contribution in [0.4, 0.5) is 5.69 Å². The number of aromatic nitrogens is 2. The minimum Gasteiger partial charge on any atom is -0.477 e. The van der Waals surface area contributed by atoms with Gasteiger partial charge >= 0.3 is 5.97 Å². The Bertz CT molecular complexity index is 671. The summed E-state index contributed by atoms with van der Waals surface area (Å²) in [6, 6.07) is 4.23. The normalized spacial score (nSPS) is 10.4. The fraction of sp³-hybridized carbons (Fsp3) is 0.182. The number of carboxylic acids is 1. The molecule has 0 fully saturated rings. The van der Waals surface area contributed by atoms with Gasteiger partial charge in [-0.25, -0.2) is 4.79 Å². The molecule has 2 rings (SSSR count). The highest BCUT2D eigenvalue weighted by Gasteiger charge is 2.23. The summed E-state index contributed by atoms with van der Waals surface area (Å²) in [6.07, 6.45) is 0. The van der Waals surface area contributed by atoms with Gasteiger partial charge < -0.3 is 5.11 Å². The van der Waals surface area contributed by atoms with Gasteiger partial charge in [-0.15, -0.1) is 10.2 Å². The molecule has 9 heteroatoms. The highest BCUT2D eigenvalue weighted by atomic mass is 32.2. The van der Waals surface area contributed by atoms with Gasteiger partial charge in [0.1, 0.15) is 10.6 Å². The molecule has 0 amide bonds. The fourth-order valence-corrected chi connectivity index (χ4v) is 3.39. The molecule has 1 aromatic heterocycles. The Morgan fingerprint density at radius 3 is 2.80 bits per heavy atom. The summed E-state index contributed by atoms with van der Waals surface area (Å²) in [7, 11) is 0. The van der Waals surface area contributed by atoms with E-state index >= 15 is 0 Å². The van der Waals surface area contributed by atoms with Crippen molar-refractivity contribution in [3.8, 4) is 0 Å². The lowest BCUT2D eigenvalue weighted by Crippen LogP contribution is -2.06. The van der Waals surface area contributed by atoms with E-state index in [0.717, 1.165) is 5.01 Å². The van der Waals surface area contributed by atoms with Crippen molar-refractivity contribution in [3.05, 3.63) is 44.4 Å². The minimum absolute atomic E-state index is 0.272. The summed E-state index contributed by atoms with van der Waals surface area (Å²) in [5.41, 5.74) is -0.278. The van der Waals surface area contributed by atoms with Crippen molar-refractivity contribution in [3.63, 3.8) is 0 Å². The molecule has 1 aromatic carbocycles. The number of hydrogen-bond donors (Lipinski definition) is 1. The van der Waals surface area contributed by atoms with E-state index in [1.165, 1.54) is 35.2 Å². The molecule has 0 spiro atoms. The van der Waals surface area contributed by atoms with Gasteiger partial charge in [-0.3, -0.25) is 10.1 Å². The quantitative estimate of drug-likeness (QED) is 0.514. The summed E-state index contributed by atoms with van der Waals surface area (Å²) in [5, 5.41) is 28.6. The molecule has 20 heavy (non-hydrogen) atoms. The number of nitro groups is 1. The molecule has 0 saturated heterocycles. The lowest BCUT2D eigenvalue weighted by atomic mass is 10.1. The average Bonchev–Trinajstić information content (AvgIpc) is 2.81. The van der Waals surface area contributed by atoms with Crippen LogP contribution in [0.25, 0.3) is 0 Å². The standard InChI is InChI=1S/C11H9N3O4S2/c1-6-12-13-11(20-6)19-5-7-3-2-4-8(14(17)18)9(7)10(15)16/h2-4H,5H2,1H3,(H,15,16). The van der Waals surface area contributed by atoms with Gasteiger partial charge in [0, 0.05) is 11.8 Å². The van der Waals surface area contributed by atoms with Crippen LogP contribution in [-0.4, -0.2) is 26.2 Å². The Labute approximate surface area is 121 Å². The first-order chi connectivity index (χ1) is 9.49. The minimum atomic E-state index is -1.30. The number of hydrogen-bond acceptors (Lipinski definition) is 7. The smallest absolute Gasteiger partial charge is 0.343 e. The van der Waals surface area contributed by atoms with Crippen molar-refractivity contribution in [1.29, 1.82) is 0 Å². The number of aryl methyl sites for hydroxylation is 1. The van der Waals surface area contributed by atoms with E-state index in [1.807, 2.05) is 6.92 Å². The Hall–Kier alpha value is -2.00. The summed E-state index contributed by atoms with van der Waals surface area (Å²) >= 11 is 2.70. The lowest BCUT2D eigenvalue weighted by molar-refractivity contribution is -0.385. The maximum absolute atomic E-state index is 11.2. The van der Waals surface area contributed by atoms with Crippen LogP contribution in [0.3, 0.4) is 0 Å². The zero-order chi connectivity index (χ0) is 14.7. The summed E-state index contributed by atoms with van der Waals surface area (Å²) < 4.78 is 0.699. The van der Waals surface area contributed by atoms with E-state index in [-0.39, 0.29) is 11.3 Å². The SMILES string of the molecule is Cc1nnc(SCc2cccc([N+](=O)[O-])c2C(=O)O)s1. The van der Waals surface area contributed by atoms with Crippen molar-refractivity contribution < 1.29 is 14.8 Å². The summed E-state index contributed by atoms with van der Waals surface area (Å²) in [4.78, 5) is 21.4. The molecule has 7 nitrogen and oxygen atoms in total. The third-order valence-corrected chi connectivity index (χ3v) is 4.42. The highest BCUT2D eigenvalue weighted by Crippen LogP contribution is 2.30. The van der Waals surface area contributed by atoms with E-state index in [0.29, 0.717) is 9.90 Å². The first kappa shape index (κ1) is 14.4. The molecular formula is C11H9N3O4S2. The van der Waals surface area contributed by atoms with Gasteiger partial charge in [0.2, 0.25) is 0 Å². The topological polar surface area (TPSA) is 106 Å². The van der Waals surface area contributed by atoms with Crippen molar-refractivity contribution in [1.82, 2.24) is 10.2 Å². The lowest BCUT2D eigenvalue weighted by Gasteiger charge is -2.05. The Morgan fingerprint density at radius 2 is 2.25 bits per heavy atom. The monoisotopic (exact) mass is 311 g/mol. The van der Waals surface area contributed by atoms with Crippen LogP contribution in [0.1, 0.15) is 20.9 Å². The third-order valence-electron chi connectivity index (χ3n) is 2.40. The maximum atomic E-state index is 11.2. The van der Waals surface area contributed by atoms with Crippen LogP contribution in [0, 0.1) is 17.0 Å². The first-order valence-corrected chi connectivity index (χ1v) is 7.21. The van der Waals surface area contributed by atoms with Crippen LogP contribution in [0.2, 0.25) is 0 Å². The number of nitro benzene ring substituents is 1. The number of nitrogens with zero attached hydrogens (tertiary/aromatic N) is 3. The number of benzene rings is 1. The van der Waals surface area contributed by atoms with E-state index in [4.69, 9.17) is 5.11 Å². The van der Waals surface area contributed by atoms with Crippen molar-refractivity contribution in [2.45, 2.75) is 17.0 Å². The predicted octanol–water partition coefficient (Wildman–Crippen LogP) is 2.75. The van der Waals surface area contributed by atoms with Crippen molar-refractivity contribution >= 4 is 34.8 Å². The van der Waals surface area contributed by atoms with Crippen LogP contribution in [0.15, 0.2) is 22.5 Å². The van der Waals surface area contributed by atoms with Gasteiger partial charge in [-0.05, 0) is 12.5 Å². The van der Waals surface area contributed by atoms with E-state index in [2.05, 4.69) is 10.2 Å². The second-order valence-corrected chi connectivity index (χ2v) is 6.15. The number of carboxylic acid groups (broad SMARTS) is 1. The van der Waals surface area contributed by atoms with Gasteiger partial charge in [-0.2, -0.15) is 0 Å². The first-order valence-electron chi connectivity index (χ1n) is 5.41. The Morgan fingerprint density at radius 1 is 1.50 bits per heavy atom. The molecule has 0 aliphatic rings. The molecule has 0 unspecified atom stereocenters. The zero-order valence-corrected chi connectivity index (χ0v) is 11.9. The third kappa shape index (κ3) is 3.11. The molecule has 0 saturated carbocycles. The van der Waals surface area contributed by atoms with Crippen LogP contribution < -0.4 is 0 Å². The van der Waals surface area contributed by atoms with E-state index in [9.17, 15) is 14.9 Å². The molecule has 0 radical (unpaired) electrons. The molecular weight excluding hydrogens is 302 g/mol. The zero-order valence-electron chi connectivity index (χ0n) is 10.3. The summed E-state index contributed by atoms with van der Waals surface area (Å²) in [5.74, 6) is -1.01. The molecule has 1 heterocycles. The Balaban J connectivity index is 2.29. The molecule has 104 valence electrons.